The molecule has 2 atom stereocenters. The van der Waals surface area contributed by atoms with Gasteiger partial charge in [-0.2, -0.15) is 5.26 Å². The Morgan fingerprint density at radius 2 is 2.24 bits per heavy atom. The predicted molar refractivity (Wildman–Crippen MR) is 92.5 cm³/mol. The van der Waals surface area contributed by atoms with Crippen molar-refractivity contribution >= 4 is 32.8 Å². The van der Waals surface area contributed by atoms with Crippen molar-refractivity contribution in [3.05, 3.63) is 30.1 Å². The Bertz CT molecular complexity index is 1050. The summed E-state index contributed by atoms with van der Waals surface area (Å²) >= 11 is 0. The third-order valence-electron chi connectivity index (χ3n) is 4.76. The topological polar surface area (TPSA) is 116 Å². The molecule has 0 amide bonds. The van der Waals surface area contributed by atoms with Crippen LogP contribution >= 0.6 is 0 Å². The van der Waals surface area contributed by atoms with Gasteiger partial charge < -0.3 is 4.98 Å². The van der Waals surface area contributed by atoms with E-state index < -0.39 is 16.1 Å². The molecule has 0 spiro atoms. The van der Waals surface area contributed by atoms with Crippen molar-refractivity contribution in [2.75, 3.05) is 13.1 Å². The zero-order chi connectivity index (χ0) is 17.4. The summed E-state index contributed by atoms with van der Waals surface area (Å²) in [6.45, 7) is 1.13. The number of nitriles is 1. The molecule has 1 N–H and O–H groups in total. The number of likely N-dealkylation sites (tertiary alicyclic amines) is 1. The molecule has 0 aromatic carbocycles. The first-order valence-corrected chi connectivity index (χ1v) is 9.29. The summed E-state index contributed by atoms with van der Waals surface area (Å²) in [5.74, 6) is 0.118. The normalized spacial score (nSPS) is 20.1. The zero-order valence-electron chi connectivity index (χ0n) is 13.3. The van der Waals surface area contributed by atoms with Crippen LogP contribution in [-0.2, 0) is 10.7 Å². The van der Waals surface area contributed by atoms with Crippen LogP contribution in [0.2, 0.25) is 0 Å². The molecule has 0 bridgehead atoms. The molecule has 1 fully saturated rings. The lowest BCUT2D eigenvalue weighted by Crippen LogP contribution is -2.42. The highest BCUT2D eigenvalue weighted by Gasteiger charge is 2.29. The third kappa shape index (κ3) is 2.73. The van der Waals surface area contributed by atoms with Gasteiger partial charge in [-0.15, -0.1) is 10.2 Å². The molecule has 3 aromatic rings. The van der Waals surface area contributed by atoms with Crippen molar-refractivity contribution in [1.29, 1.82) is 5.26 Å². The maximum atomic E-state index is 11.4. The fourth-order valence-corrected chi connectivity index (χ4v) is 4.21. The van der Waals surface area contributed by atoms with Gasteiger partial charge in [0.2, 0.25) is 0 Å². The van der Waals surface area contributed by atoms with E-state index in [1.165, 1.54) is 0 Å². The second-order valence-electron chi connectivity index (χ2n) is 6.16. The van der Waals surface area contributed by atoms with Crippen molar-refractivity contribution in [3.8, 4) is 6.07 Å². The molecule has 4 rings (SSSR count). The summed E-state index contributed by atoms with van der Waals surface area (Å²) in [6.07, 6.45) is 5.29. The molecule has 128 valence electrons. The average Bonchev–Trinajstić information content (AvgIpc) is 3.11. The number of aromatic amines is 1. The second-order valence-corrected chi connectivity index (χ2v) is 7.22. The summed E-state index contributed by atoms with van der Waals surface area (Å²) in [4.78, 5) is 9.12. The molecule has 0 saturated carbocycles. The average molecular weight is 356 g/mol. The second kappa shape index (κ2) is 6.38. The summed E-state index contributed by atoms with van der Waals surface area (Å²) in [7, 11) is -2.80. The monoisotopic (exact) mass is 356 g/mol. The Balaban J connectivity index is 1.79. The Hall–Kier alpha value is -2.57. The third-order valence-corrected chi connectivity index (χ3v) is 5.60. The molecular weight excluding hydrogens is 340 g/mol. The molecule has 2 unspecified atom stereocenters. The first-order valence-electron chi connectivity index (χ1n) is 8.04. The van der Waals surface area contributed by atoms with Gasteiger partial charge in [0.05, 0.1) is 6.07 Å². The zero-order valence-corrected chi connectivity index (χ0v) is 14.2. The van der Waals surface area contributed by atoms with E-state index in [0.29, 0.717) is 24.4 Å². The number of rotatable bonds is 3. The van der Waals surface area contributed by atoms with E-state index in [1.807, 2.05) is 24.4 Å². The lowest BCUT2D eigenvalue weighted by atomic mass is 9.88. The molecule has 25 heavy (non-hydrogen) atoms. The van der Waals surface area contributed by atoms with Crippen molar-refractivity contribution in [2.45, 2.75) is 24.1 Å². The van der Waals surface area contributed by atoms with Gasteiger partial charge >= 0.3 is 0 Å². The standard InChI is InChI=1S/C16H16N6O2S/c17-8-13(25(23)24)22-7-1-2-10(9-22)11-3-5-19-16-14(11)12-4-6-18-15(12)20-21-16/h3-6,10,13,25H,1-2,7,9H2,(H,18,20). The van der Waals surface area contributed by atoms with E-state index in [0.717, 1.165) is 29.2 Å². The lowest BCUT2D eigenvalue weighted by Gasteiger charge is -2.34. The summed E-state index contributed by atoms with van der Waals surface area (Å²) in [5.41, 5.74) is 2.35. The molecule has 9 heteroatoms. The number of H-pyrrole nitrogens is 1. The smallest absolute Gasteiger partial charge is 0.198 e. The van der Waals surface area contributed by atoms with E-state index >= 15 is 0 Å². The van der Waals surface area contributed by atoms with Gasteiger partial charge in [0.1, 0.15) is 0 Å². The Labute approximate surface area is 145 Å². The van der Waals surface area contributed by atoms with Gasteiger partial charge in [0.25, 0.3) is 0 Å². The predicted octanol–water partition coefficient (Wildman–Crippen LogP) is 1.15. The minimum atomic E-state index is -2.80. The minimum Gasteiger partial charge on any atom is -0.345 e. The van der Waals surface area contributed by atoms with E-state index in [-0.39, 0.29) is 5.92 Å². The van der Waals surface area contributed by atoms with E-state index in [9.17, 15) is 13.7 Å². The van der Waals surface area contributed by atoms with Gasteiger partial charge in [0.15, 0.2) is 27.4 Å². The van der Waals surface area contributed by atoms with Crippen molar-refractivity contribution < 1.29 is 8.42 Å². The van der Waals surface area contributed by atoms with Gasteiger partial charge in [-0.1, -0.05) is 0 Å². The fourth-order valence-electron chi connectivity index (χ4n) is 3.64. The summed E-state index contributed by atoms with van der Waals surface area (Å²) < 4.78 is 22.7. The molecule has 0 aliphatic carbocycles. The molecule has 1 aliphatic rings. The number of fused-ring (bicyclic) bond motifs is 3. The van der Waals surface area contributed by atoms with Crippen molar-refractivity contribution in [1.82, 2.24) is 25.1 Å². The van der Waals surface area contributed by atoms with Gasteiger partial charge in [-0.3, -0.25) is 4.90 Å². The number of pyridine rings is 1. The molecule has 0 radical (unpaired) electrons. The first-order chi connectivity index (χ1) is 12.2. The van der Waals surface area contributed by atoms with Crippen LogP contribution in [-0.4, -0.2) is 51.9 Å². The first kappa shape index (κ1) is 15.9. The van der Waals surface area contributed by atoms with Crippen LogP contribution in [0.5, 0.6) is 0 Å². The van der Waals surface area contributed by atoms with Crippen molar-refractivity contribution in [3.63, 3.8) is 0 Å². The van der Waals surface area contributed by atoms with Gasteiger partial charge in [0, 0.05) is 36.3 Å². The van der Waals surface area contributed by atoms with Crippen LogP contribution in [0.3, 0.4) is 0 Å². The van der Waals surface area contributed by atoms with Gasteiger partial charge in [-0.25, -0.2) is 13.4 Å². The molecule has 1 aliphatic heterocycles. The van der Waals surface area contributed by atoms with Crippen LogP contribution < -0.4 is 0 Å². The number of hydrogen-bond donors (Lipinski definition) is 2. The van der Waals surface area contributed by atoms with Crippen LogP contribution in [0.25, 0.3) is 22.1 Å². The number of nitrogens with zero attached hydrogens (tertiary/aromatic N) is 5. The minimum absolute atomic E-state index is 0.118. The van der Waals surface area contributed by atoms with E-state index in [1.54, 1.807) is 11.1 Å². The highest BCUT2D eigenvalue weighted by atomic mass is 32.2. The fraction of sp³-hybridized carbons (Fsp3) is 0.375. The molecule has 4 heterocycles. The van der Waals surface area contributed by atoms with Crippen LogP contribution in [0.1, 0.15) is 24.3 Å². The van der Waals surface area contributed by atoms with E-state index in [4.69, 9.17) is 0 Å². The summed E-state index contributed by atoms with van der Waals surface area (Å²) in [6, 6.07) is 5.81. The number of hydrogen-bond acceptors (Lipinski definition) is 7. The number of aromatic nitrogens is 4. The van der Waals surface area contributed by atoms with E-state index in [2.05, 4.69) is 20.2 Å². The SMILES string of the molecule is N#CC(N1CCCC(c2ccnc3nnc4[nH]ccc4c23)C1)[SH](=O)=O. The lowest BCUT2D eigenvalue weighted by molar-refractivity contribution is 0.213. The van der Waals surface area contributed by atoms with Crippen LogP contribution in [0, 0.1) is 11.3 Å². The highest BCUT2D eigenvalue weighted by molar-refractivity contribution is 7.73. The maximum absolute atomic E-state index is 11.4. The van der Waals surface area contributed by atoms with Crippen molar-refractivity contribution in [2.24, 2.45) is 0 Å². The summed E-state index contributed by atoms with van der Waals surface area (Å²) in [5, 5.41) is 18.3. The molecule has 8 nitrogen and oxygen atoms in total. The Morgan fingerprint density at radius 1 is 1.36 bits per heavy atom. The quantitative estimate of drug-likeness (QED) is 0.676. The molecule has 3 aromatic heterocycles. The Kier molecular flexibility index (Phi) is 4.07. The highest BCUT2D eigenvalue weighted by Crippen LogP contribution is 2.34. The molecular formula is C16H16N6O2S. The number of nitrogens with one attached hydrogen (secondary N) is 1. The number of piperidine rings is 1. The maximum Gasteiger partial charge on any atom is 0.198 e. The molecule has 1 saturated heterocycles. The van der Waals surface area contributed by atoms with Crippen LogP contribution in [0.4, 0.5) is 0 Å². The van der Waals surface area contributed by atoms with Gasteiger partial charge in [-0.05, 0) is 36.5 Å². The largest absolute Gasteiger partial charge is 0.345 e. The van der Waals surface area contributed by atoms with Crippen LogP contribution in [0.15, 0.2) is 24.5 Å². The Morgan fingerprint density at radius 3 is 3.04 bits per heavy atom. The number of thiol groups is 1.